The maximum absolute atomic E-state index is 12.9. The Morgan fingerprint density at radius 2 is 2.00 bits per heavy atom. The van der Waals surface area contributed by atoms with E-state index < -0.39 is 12.1 Å². The lowest BCUT2D eigenvalue weighted by Crippen LogP contribution is -2.27. The van der Waals surface area contributed by atoms with Gasteiger partial charge in [0.1, 0.15) is 0 Å². The van der Waals surface area contributed by atoms with Crippen LogP contribution in [0.25, 0.3) is 11.3 Å². The van der Waals surface area contributed by atoms with Crippen molar-refractivity contribution in [3.8, 4) is 11.3 Å². The molecule has 1 fully saturated rings. The second-order valence-corrected chi connectivity index (χ2v) is 7.30. The van der Waals surface area contributed by atoms with Crippen LogP contribution in [0.3, 0.4) is 0 Å². The Labute approximate surface area is 162 Å². The number of amides is 1. The number of carbonyl (C=O) groups is 1. The number of halogens is 3. The molecule has 1 aromatic heterocycles. The Bertz CT molecular complexity index is 849. The van der Waals surface area contributed by atoms with E-state index in [1.165, 1.54) is 6.08 Å². The van der Waals surface area contributed by atoms with E-state index in [0.29, 0.717) is 19.4 Å². The number of carbonyl (C=O) groups excluding carboxylic acids is 1. The highest BCUT2D eigenvalue weighted by atomic mass is 19.4. The van der Waals surface area contributed by atoms with Gasteiger partial charge in [-0.2, -0.15) is 18.3 Å². The van der Waals surface area contributed by atoms with Crippen molar-refractivity contribution in [2.24, 2.45) is 13.0 Å². The van der Waals surface area contributed by atoms with Gasteiger partial charge in [-0.1, -0.05) is 18.7 Å². The van der Waals surface area contributed by atoms with Crippen LogP contribution >= 0.6 is 0 Å². The molecular weight excluding hydrogens is 367 g/mol. The fraction of sp³-hybridized carbons (Fsp3) is 0.429. The molecule has 0 saturated heterocycles. The van der Waals surface area contributed by atoms with E-state index in [-0.39, 0.29) is 24.7 Å². The molecule has 7 heteroatoms. The summed E-state index contributed by atoms with van der Waals surface area (Å²) in [5, 5.41) is 7.22. The van der Waals surface area contributed by atoms with Crippen molar-refractivity contribution in [2.45, 2.75) is 44.3 Å². The fourth-order valence-corrected chi connectivity index (χ4v) is 3.81. The SMILES string of the molecule is C=CC(=O)NCc1ccc(C2CCC(C(F)(F)F)CC2)cc1-c1ccn(C)n1. The van der Waals surface area contributed by atoms with E-state index in [0.717, 1.165) is 22.4 Å². The smallest absolute Gasteiger partial charge is 0.348 e. The first-order valence-electron chi connectivity index (χ1n) is 9.37. The molecule has 1 aliphatic rings. The molecule has 0 atom stereocenters. The third kappa shape index (κ3) is 4.64. The normalized spacial score (nSPS) is 20.0. The molecule has 0 bridgehead atoms. The molecule has 1 saturated carbocycles. The number of hydrogen-bond donors (Lipinski definition) is 1. The molecule has 0 spiro atoms. The molecule has 3 rings (SSSR count). The van der Waals surface area contributed by atoms with Crippen molar-refractivity contribution in [2.75, 3.05) is 0 Å². The first-order valence-corrected chi connectivity index (χ1v) is 9.37. The Kier molecular flexibility index (Phi) is 5.91. The van der Waals surface area contributed by atoms with E-state index in [4.69, 9.17) is 0 Å². The van der Waals surface area contributed by atoms with Crippen molar-refractivity contribution in [3.05, 3.63) is 54.2 Å². The number of hydrogen-bond acceptors (Lipinski definition) is 2. The van der Waals surface area contributed by atoms with Gasteiger partial charge < -0.3 is 5.32 Å². The zero-order chi connectivity index (χ0) is 20.3. The third-order valence-electron chi connectivity index (χ3n) is 5.42. The number of nitrogens with one attached hydrogen (secondary N) is 1. The van der Waals surface area contributed by atoms with Gasteiger partial charge in [0.2, 0.25) is 5.91 Å². The van der Waals surface area contributed by atoms with E-state index in [1.807, 2.05) is 37.5 Å². The van der Waals surface area contributed by atoms with Crippen LogP contribution in [-0.2, 0) is 18.4 Å². The lowest BCUT2D eigenvalue weighted by Gasteiger charge is -2.30. The van der Waals surface area contributed by atoms with Crippen molar-refractivity contribution >= 4 is 5.91 Å². The minimum atomic E-state index is -4.10. The van der Waals surface area contributed by atoms with Crippen LogP contribution in [0, 0.1) is 5.92 Å². The summed E-state index contributed by atoms with van der Waals surface area (Å²) in [6.45, 7) is 3.78. The summed E-state index contributed by atoms with van der Waals surface area (Å²) in [7, 11) is 1.82. The summed E-state index contributed by atoms with van der Waals surface area (Å²) in [6.07, 6.45) is 0.346. The number of nitrogens with zero attached hydrogens (tertiary/aromatic N) is 2. The first kappa shape index (κ1) is 20.2. The number of rotatable bonds is 5. The van der Waals surface area contributed by atoms with Crippen LogP contribution in [0.15, 0.2) is 43.1 Å². The van der Waals surface area contributed by atoms with Crippen LogP contribution in [0.1, 0.15) is 42.7 Å². The summed E-state index contributed by atoms with van der Waals surface area (Å²) >= 11 is 0. The van der Waals surface area contributed by atoms with Crippen LogP contribution in [-0.4, -0.2) is 21.9 Å². The van der Waals surface area contributed by atoms with Crippen molar-refractivity contribution in [1.29, 1.82) is 0 Å². The molecule has 1 amide bonds. The summed E-state index contributed by atoms with van der Waals surface area (Å²) < 4.78 is 40.5. The highest BCUT2D eigenvalue weighted by Gasteiger charge is 2.41. The van der Waals surface area contributed by atoms with Gasteiger partial charge in [0.05, 0.1) is 11.6 Å². The van der Waals surface area contributed by atoms with Gasteiger partial charge in [0.15, 0.2) is 0 Å². The van der Waals surface area contributed by atoms with E-state index in [9.17, 15) is 18.0 Å². The molecule has 1 aliphatic carbocycles. The first-order chi connectivity index (χ1) is 13.3. The molecule has 1 heterocycles. The van der Waals surface area contributed by atoms with Crippen LogP contribution in [0.4, 0.5) is 13.2 Å². The zero-order valence-electron chi connectivity index (χ0n) is 15.8. The Morgan fingerprint density at radius 1 is 1.29 bits per heavy atom. The molecule has 0 aliphatic heterocycles. The average Bonchev–Trinajstić information content (AvgIpc) is 3.11. The third-order valence-corrected chi connectivity index (χ3v) is 5.42. The van der Waals surface area contributed by atoms with E-state index in [2.05, 4.69) is 17.0 Å². The van der Waals surface area contributed by atoms with Crippen molar-refractivity contribution in [1.82, 2.24) is 15.1 Å². The maximum atomic E-state index is 12.9. The lowest BCUT2D eigenvalue weighted by atomic mass is 9.78. The highest BCUT2D eigenvalue weighted by Crippen LogP contribution is 2.43. The quantitative estimate of drug-likeness (QED) is 0.750. The second kappa shape index (κ2) is 8.20. The predicted octanol–water partition coefficient (Wildman–Crippen LogP) is 4.73. The number of benzene rings is 1. The average molecular weight is 391 g/mol. The number of alkyl halides is 3. The Morgan fingerprint density at radius 3 is 2.57 bits per heavy atom. The van der Waals surface area contributed by atoms with Crippen LogP contribution in [0.5, 0.6) is 0 Å². The minimum absolute atomic E-state index is 0.109. The zero-order valence-corrected chi connectivity index (χ0v) is 15.8. The van der Waals surface area contributed by atoms with Gasteiger partial charge in [0, 0.05) is 25.4 Å². The molecule has 4 nitrogen and oxygen atoms in total. The minimum Gasteiger partial charge on any atom is -0.348 e. The van der Waals surface area contributed by atoms with Gasteiger partial charge >= 0.3 is 6.18 Å². The summed E-state index contributed by atoms with van der Waals surface area (Å²) in [5.74, 6) is -1.34. The molecule has 150 valence electrons. The molecule has 0 unspecified atom stereocenters. The topological polar surface area (TPSA) is 46.9 Å². The standard InChI is InChI=1S/C21H24F3N3O/c1-3-20(28)25-13-16-5-4-15(12-18(16)19-10-11-27(2)26-19)14-6-8-17(9-7-14)21(22,23)24/h3-5,10-12,14,17H,1,6-9,13H2,2H3,(H,25,28). The highest BCUT2D eigenvalue weighted by molar-refractivity contribution is 5.86. The molecular formula is C21H24F3N3O. The Hall–Kier alpha value is -2.57. The van der Waals surface area contributed by atoms with Gasteiger partial charge in [0.25, 0.3) is 0 Å². The van der Waals surface area contributed by atoms with Gasteiger partial charge in [-0.15, -0.1) is 0 Å². The van der Waals surface area contributed by atoms with Crippen LogP contribution < -0.4 is 5.32 Å². The predicted molar refractivity (Wildman–Crippen MR) is 101 cm³/mol. The van der Waals surface area contributed by atoms with Gasteiger partial charge in [-0.05, 0) is 60.9 Å². The molecule has 0 radical (unpaired) electrons. The van der Waals surface area contributed by atoms with Gasteiger partial charge in [-0.25, -0.2) is 0 Å². The van der Waals surface area contributed by atoms with Crippen molar-refractivity contribution in [3.63, 3.8) is 0 Å². The monoisotopic (exact) mass is 391 g/mol. The largest absolute Gasteiger partial charge is 0.391 e. The second-order valence-electron chi connectivity index (χ2n) is 7.30. The number of aromatic nitrogens is 2. The summed E-state index contributed by atoms with van der Waals surface area (Å²) in [5.41, 5.74) is 3.60. The van der Waals surface area contributed by atoms with Crippen LogP contribution in [0.2, 0.25) is 0 Å². The van der Waals surface area contributed by atoms with E-state index >= 15 is 0 Å². The number of aryl methyl sites for hydroxylation is 1. The van der Waals surface area contributed by atoms with Crippen molar-refractivity contribution < 1.29 is 18.0 Å². The maximum Gasteiger partial charge on any atom is 0.391 e. The molecule has 2 aromatic rings. The molecule has 1 N–H and O–H groups in total. The molecule has 28 heavy (non-hydrogen) atoms. The summed E-state index contributed by atoms with van der Waals surface area (Å²) in [4.78, 5) is 11.5. The lowest BCUT2D eigenvalue weighted by molar-refractivity contribution is -0.182. The van der Waals surface area contributed by atoms with Gasteiger partial charge in [-0.3, -0.25) is 9.48 Å². The Balaban J connectivity index is 1.84. The van der Waals surface area contributed by atoms with E-state index in [1.54, 1.807) is 4.68 Å². The summed E-state index contributed by atoms with van der Waals surface area (Å²) in [6, 6.07) is 7.79. The molecule has 1 aromatic carbocycles. The fourth-order valence-electron chi connectivity index (χ4n) is 3.81.